The highest BCUT2D eigenvalue weighted by Crippen LogP contribution is 2.48. The minimum Gasteiger partial charge on any atom is -0.480 e. The van der Waals surface area contributed by atoms with Crippen LogP contribution in [0.25, 0.3) is 0 Å². The normalized spacial score (nSPS) is 11.9. The summed E-state index contributed by atoms with van der Waals surface area (Å²) < 4.78 is 4.57. The predicted octanol–water partition coefficient (Wildman–Crippen LogP) is 5.95. The molecule has 0 aromatic heterocycles. The number of ether oxygens (including phenoxy) is 1. The number of hydrogen-bond acceptors (Lipinski definition) is 4. The molecule has 2 N–H and O–H groups in total. The fourth-order valence-corrected chi connectivity index (χ4v) is 5.47. The maximum atomic E-state index is 12.5. The zero-order valence-electron chi connectivity index (χ0n) is 18.9. The van der Waals surface area contributed by atoms with Crippen molar-refractivity contribution in [1.82, 2.24) is 5.32 Å². The van der Waals surface area contributed by atoms with Gasteiger partial charge in [0.05, 0.1) is 4.75 Å². The second-order valence-corrected chi connectivity index (χ2v) is 9.06. The summed E-state index contributed by atoms with van der Waals surface area (Å²) in [5, 5.41) is 12.4. The Bertz CT molecular complexity index is 1140. The van der Waals surface area contributed by atoms with Gasteiger partial charge in [0.15, 0.2) is 0 Å². The molecule has 0 aliphatic carbocycles. The van der Waals surface area contributed by atoms with Crippen molar-refractivity contribution in [2.24, 2.45) is 0 Å². The smallest absolute Gasteiger partial charge is 0.413 e. The number of carbonyl (C=O) groups excluding carboxylic acids is 1. The van der Waals surface area contributed by atoms with E-state index < -0.39 is 22.9 Å². The third-order valence-corrected chi connectivity index (χ3v) is 7.19. The molecule has 4 rings (SSSR count). The first-order chi connectivity index (χ1) is 17.1. The number of rotatable bonds is 9. The highest BCUT2D eigenvalue weighted by atomic mass is 32.2. The number of amides is 1. The van der Waals surface area contributed by atoms with Gasteiger partial charge in [-0.1, -0.05) is 109 Å². The first-order valence-electron chi connectivity index (χ1n) is 11.2. The number of carbonyl (C=O) groups is 2. The van der Waals surface area contributed by atoms with Crippen LogP contribution in [0.4, 0.5) is 4.79 Å². The van der Waals surface area contributed by atoms with E-state index in [1.54, 1.807) is 30.3 Å². The summed E-state index contributed by atoms with van der Waals surface area (Å²) in [5.41, 5.74) is 3.04. The Morgan fingerprint density at radius 2 is 1.11 bits per heavy atom. The number of benzene rings is 4. The fourth-order valence-electron chi connectivity index (χ4n) is 3.92. The Balaban J connectivity index is 1.67. The van der Waals surface area contributed by atoms with Crippen molar-refractivity contribution >= 4 is 23.8 Å². The minimum absolute atomic E-state index is 0.109. The second kappa shape index (κ2) is 11.4. The number of carboxylic acid groups (broad SMARTS) is 1. The van der Waals surface area contributed by atoms with Crippen LogP contribution in [-0.2, 0) is 9.54 Å². The number of aliphatic carboxylic acids is 1. The van der Waals surface area contributed by atoms with Crippen molar-refractivity contribution < 1.29 is 19.4 Å². The van der Waals surface area contributed by atoms with Gasteiger partial charge in [0.1, 0.15) is 11.8 Å². The standard InChI is InChI=1S/C29H25NO4S/c31-27(32)26(30-28(33)34-25-19-11-4-12-20-25)21-35-29(22-13-5-1-6-14-22,23-15-7-2-8-16-23)24-17-9-3-10-18-24/h1-20,26H,21H2,(H,30,33)(H,31,32). The van der Waals surface area contributed by atoms with Gasteiger partial charge < -0.3 is 15.2 Å². The van der Waals surface area contributed by atoms with Gasteiger partial charge in [0.25, 0.3) is 0 Å². The van der Waals surface area contributed by atoms with Crippen LogP contribution < -0.4 is 10.1 Å². The Labute approximate surface area is 208 Å². The van der Waals surface area contributed by atoms with Crippen LogP contribution in [0.1, 0.15) is 16.7 Å². The van der Waals surface area contributed by atoms with E-state index >= 15 is 0 Å². The Morgan fingerprint density at radius 1 is 0.714 bits per heavy atom. The topological polar surface area (TPSA) is 75.6 Å². The maximum Gasteiger partial charge on any atom is 0.413 e. The van der Waals surface area contributed by atoms with Crippen molar-refractivity contribution in [3.05, 3.63) is 138 Å². The largest absolute Gasteiger partial charge is 0.480 e. The molecule has 5 nitrogen and oxygen atoms in total. The van der Waals surface area contributed by atoms with E-state index in [0.717, 1.165) is 16.7 Å². The summed E-state index contributed by atoms with van der Waals surface area (Å²) >= 11 is 1.46. The Morgan fingerprint density at radius 3 is 1.51 bits per heavy atom. The lowest BCUT2D eigenvalue weighted by Gasteiger charge is -2.36. The molecule has 0 radical (unpaired) electrons. The highest BCUT2D eigenvalue weighted by molar-refractivity contribution is 8.00. The monoisotopic (exact) mass is 483 g/mol. The zero-order chi connectivity index (χ0) is 24.5. The van der Waals surface area contributed by atoms with Crippen LogP contribution in [0.2, 0.25) is 0 Å². The summed E-state index contributed by atoms with van der Waals surface area (Å²) in [6.45, 7) is 0. The van der Waals surface area contributed by atoms with Gasteiger partial charge in [-0.25, -0.2) is 9.59 Å². The van der Waals surface area contributed by atoms with E-state index in [2.05, 4.69) is 5.32 Å². The van der Waals surface area contributed by atoms with Crippen LogP contribution in [0, 0.1) is 0 Å². The molecule has 1 amide bonds. The molecule has 0 saturated carbocycles. The number of hydrogen-bond donors (Lipinski definition) is 2. The predicted molar refractivity (Wildman–Crippen MR) is 139 cm³/mol. The molecule has 0 spiro atoms. The van der Waals surface area contributed by atoms with Crippen LogP contribution in [0.5, 0.6) is 5.75 Å². The van der Waals surface area contributed by atoms with Gasteiger partial charge in [-0.2, -0.15) is 0 Å². The molecule has 6 heteroatoms. The molecule has 0 bridgehead atoms. The van der Waals surface area contributed by atoms with Crippen LogP contribution in [-0.4, -0.2) is 29.0 Å². The van der Waals surface area contributed by atoms with Crippen molar-refractivity contribution in [2.45, 2.75) is 10.8 Å². The summed E-state index contributed by atoms with van der Waals surface area (Å²) in [7, 11) is 0. The van der Waals surface area contributed by atoms with E-state index in [1.807, 2.05) is 91.0 Å². The van der Waals surface area contributed by atoms with Crippen molar-refractivity contribution in [3.8, 4) is 5.75 Å². The zero-order valence-corrected chi connectivity index (χ0v) is 19.7. The van der Waals surface area contributed by atoms with Gasteiger partial charge >= 0.3 is 12.1 Å². The quantitative estimate of drug-likeness (QED) is 0.288. The van der Waals surface area contributed by atoms with Crippen LogP contribution in [0.15, 0.2) is 121 Å². The number of nitrogens with one attached hydrogen (secondary N) is 1. The molecular weight excluding hydrogens is 458 g/mol. The first-order valence-corrected chi connectivity index (χ1v) is 12.1. The maximum absolute atomic E-state index is 12.5. The van der Waals surface area contributed by atoms with Gasteiger partial charge in [0, 0.05) is 5.75 Å². The lowest BCUT2D eigenvalue weighted by Crippen LogP contribution is -2.45. The second-order valence-electron chi connectivity index (χ2n) is 7.83. The summed E-state index contributed by atoms with van der Waals surface area (Å²) in [6.07, 6.45) is -0.811. The van der Waals surface area contributed by atoms with Crippen molar-refractivity contribution in [1.29, 1.82) is 0 Å². The number of carboxylic acids is 1. The summed E-state index contributed by atoms with van der Waals surface area (Å²) in [5.74, 6) is -0.683. The molecule has 0 fully saturated rings. The molecule has 0 heterocycles. The van der Waals surface area contributed by atoms with Gasteiger partial charge in [-0.3, -0.25) is 0 Å². The summed E-state index contributed by atoms with van der Waals surface area (Å²) in [6, 6.07) is 37.3. The van der Waals surface area contributed by atoms with Crippen LogP contribution >= 0.6 is 11.8 Å². The molecule has 4 aromatic rings. The molecule has 0 aliphatic heterocycles. The van der Waals surface area contributed by atoms with E-state index in [0.29, 0.717) is 5.75 Å². The Hall–Kier alpha value is -4.03. The van der Waals surface area contributed by atoms with Crippen molar-refractivity contribution in [3.63, 3.8) is 0 Å². The lowest BCUT2D eigenvalue weighted by atomic mass is 9.84. The van der Waals surface area contributed by atoms with Gasteiger partial charge in [-0.05, 0) is 28.8 Å². The summed E-state index contributed by atoms with van der Waals surface area (Å²) in [4.78, 5) is 24.6. The molecule has 176 valence electrons. The van der Waals surface area contributed by atoms with E-state index in [1.165, 1.54) is 11.8 Å². The van der Waals surface area contributed by atoms with E-state index in [-0.39, 0.29) is 5.75 Å². The fraction of sp³-hybridized carbons (Fsp3) is 0.103. The average molecular weight is 484 g/mol. The SMILES string of the molecule is O=C(NC(CSC(c1ccccc1)(c1ccccc1)c1ccccc1)C(=O)O)Oc1ccccc1. The van der Waals surface area contributed by atoms with Gasteiger partial charge in [-0.15, -0.1) is 11.8 Å². The molecule has 1 unspecified atom stereocenters. The molecule has 1 atom stereocenters. The van der Waals surface area contributed by atoms with Crippen molar-refractivity contribution in [2.75, 3.05) is 5.75 Å². The van der Waals surface area contributed by atoms with E-state index in [9.17, 15) is 14.7 Å². The highest BCUT2D eigenvalue weighted by Gasteiger charge is 2.38. The minimum atomic E-state index is -1.16. The third kappa shape index (κ3) is 5.73. The van der Waals surface area contributed by atoms with Crippen LogP contribution in [0.3, 0.4) is 0 Å². The van der Waals surface area contributed by atoms with Gasteiger partial charge in [0.2, 0.25) is 0 Å². The average Bonchev–Trinajstić information content (AvgIpc) is 2.90. The number of para-hydroxylation sites is 1. The first kappa shape index (κ1) is 24.1. The molecule has 35 heavy (non-hydrogen) atoms. The molecule has 0 saturated heterocycles. The third-order valence-electron chi connectivity index (χ3n) is 5.55. The van der Waals surface area contributed by atoms with E-state index in [4.69, 9.17) is 4.74 Å². The lowest BCUT2D eigenvalue weighted by molar-refractivity contribution is -0.138. The molecular formula is C29H25NO4S. The number of thioether (sulfide) groups is 1. The Kier molecular flexibility index (Phi) is 7.85. The molecule has 4 aromatic carbocycles. The molecule has 0 aliphatic rings.